The van der Waals surface area contributed by atoms with Gasteiger partial charge in [0.05, 0.1) is 12.1 Å². The number of aromatic amines is 1. The Morgan fingerprint density at radius 2 is 2.30 bits per heavy atom. The molecule has 0 fully saturated rings. The van der Waals surface area contributed by atoms with Gasteiger partial charge >= 0.3 is 0 Å². The van der Waals surface area contributed by atoms with E-state index in [1.165, 1.54) is 37.0 Å². The zero-order chi connectivity index (χ0) is 14.4. The lowest BCUT2D eigenvalue weighted by Crippen LogP contribution is -2.24. The first-order chi connectivity index (χ1) is 9.74. The summed E-state index contributed by atoms with van der Waals surface area (Å²) in [5, 5.41) is 5.32. The molecule has 0 aromatic carbocycles. The van der Waals surface area contributed by atoms with Crippen molar-refractivity contribution in [1.29, 1.82) is 0 Å². The Bertz CT molecular complexity index is 590. The molecule has 0 saturated heterocycles. The van der Waals surface area contributed by atoms with E-state index in [4.69, 9.17) is 0 Å². The SMILES string of the molecule is CCCCC(CC)CNCc1nc2ccsc2c(=O)[nH]1. The van der Waals surface area contributed by atoms with Gasteiger partial charge in [0, 0.05) is 0 Å². The summed E-state index contributed by atoms with van der Waals surface area (Å²) in [6, 6.07) is 1.90. The Hall–Kier alpha value is -1.20. The molecule has 1 unspecified atom stereocenters. The molecule has 1 atom stereocenters. The van der Waals surface area contributed by atoms with Crippen molar-refractivity contribution in [1.82, 2.24) is 15.3 Å². The number of nitrogens with zero attached hydrogens (tertiary/aromatic N) is 1. The number of H-pyrrole nitrogens is 1. The minimum absolute atomic E-state index is 0.0279. The summed E-state index contributed by atoms with van der Waals surface area (Å²) in [5.74, 6) is 1.44. The molecule has 2 heterocycles. The van der Waals surface area contributed by atoms with Gasteiger partial charge in [-0.15, -0.1) is 11.3 Å². The third-order valence-corrected chi connectivity index (χ3v) is 4.54. The van der Waals surface area contributed by atoms with E-state index in [0.29, 0.717) is 17.2 Å². The lowest BCUT2D eigenvalue weighted by atomic mass is 9.99. The van der Waals surface area contributed by atoms with Crippen LogP contribution >= 0.6 is 11.3 Å². The van der Waals surface area contributed by atoms with Gasteiger partial charge in [0.15, 0.2) is 0 Å². The maximum absolute atomic E-state index is 11.8. The first-order valence-corrected chi connectivity index (χ1v) is 8.29. The van der Waals surface area contributed by atoms with Crippen molar-refractivity contribution in [3.63, 3.8) is 0 Å². The van der Waals surface area contributed by atoms with Crippen molar-refractivity contribution in [3.05, 3.63) is 27.6 Å². The molecule has 0 bridgehead atoms. The standard InChI is InChI=1S/C15H23N3OS/c1-3-5-6-11(4-2)9-16-10-13-17-12-7-8-20-14(12)15(19)18-13/h7-8,11,16H,3-6,9-10H2,1-2H3,(H,17,18,19). The molecule has 0 amide bonds. The van der Waals surface area contributed by atoms with E-state index >= 15 is 0 Å². The summed E-state index contributed by atoms with van der Waals surface area (Å²) in [4.78, 5) is 19.2. The van der Waals surface area contributed by atoms with Gasteiger partial charge < -0.3 is 10.3 Å². The van der Waals surface area contributed by atoms with E-state index in [9.17, 15) is 4.79 Å². The van der Waals surface area contributed by atoms with Crippen LogP contribution in [0.1, 0.15) is 45.4 Å². The third kappa shape index (κ3) is 3.90. The summed E-state index contributed by atoms with van der Waals surface area (Å²) in [6.07, 6.45) is 5.00. The van der Waals surface area contributed by atoms with Crippen LogP contribution in [0.15, 0.2) is 16.2 Å². The van der Waals surface area contributed by atoms with Crippen molar-refractivity contribution >= 4 is 21.6 Å². The molecule has 2 aromatic rings. The number of hydrogen-bond donors (Lipinski definition) is 2. The van der Waals surface area contributed by atoms with Gasteiger partial charge in [-0.05, 0) is 30.3 Å². The Morgan fingerprint density at radius 3 is 3.05 bits per heavy atom. The van der Waals surface area contributed by atoms with Crippen LogP contribution in [-0.4, -0.2) is 16.5 Å². The zero-order valence-electron chi connectivity index (χ0n) is 12.2. The first-order valence-electron chi connectivity index (χ1n) is 7.41. The average molecular weight is 293 g/mol. The molecule has 2 aromatic heterocycles. The zero-order valence-corrected chi connectivity index (χ0v) is 13.1. The number of nitrogens with one attached hydrogen (secondary N) is 2. The highest BCUT2D eigenvalue weighted by atomic mass is 32.1. The fourth-order valence-corrected chi connectivity index (χ4v) is 3.07. The Morgan fingerprint density at radius 1 is 1.45 bits per heavy atom. The second-order valence-corrected chi connectivity index (χ2v) is 6.11. The summed E-state index contributed by atoms with van der Waals surface area (Å²) in [5.41, 5.74) is 0.772. The largest absolute Gasteiger partial charge is 0.310 e. The van der Waals surface area contributed by atoms with Crippen LogP contribution in [-0.2, 0) is 6.54 Å². The second-order valence-electron chi connectivity index (χ2n) is 5.19. The summed E-state index contributed by atoms with van der Waals surface area (Å²) < 4.78 is 0.711. The Labute approximate surface area is 123 Å². The maximum Gasteiger partial charge on any atom is 0.268 e. The number of hydrogen-bond acceptors (Lipinski definition) is 4. The predicted molar refractivity (Wildman–Crippen MR) is 85.3 cm³/mol. The van der Waals surface area contributed by atoms with Crippen molar-refractivity contribution in [2.75, 3.05) is 6.54 Å². The van der Waals surface area contributed by atoms with Crippen LogP contribution in [0.4, 0.5) is 0 Å². The van der Waals surface area contributed by atoms with Crippen LogP contribution in [0, 0.1) is 5.92 Å². The Kier molecular flexibility index (Phi) is 5.73. The molecular formula is C15H23N3OS. The monoisotopic (exact) mass is 293 g/mol. The van der Waals surface area contributed by atoms with Gasteiger partial charge in [-0.25, -0.2) is 4.98 Å². The van der Waals surface area contributed by atoms with Gasteiger partial charge in [-0.3, -0.25) is 4.79 Å². The van der Waals surface area contributed by atoms with Crippen LogP contribution in [0.2, 0.25) is 0 Å². The van der Waals surface area contributed by atoms with E-state index in [1.54, 1.807) is 0 Å². The predicted octanol–water partition coefficient (Wildman–Crippen LogP) is 3.29. The molecule has 0 aliphatic heterocycles. The van der Waals surface area contributed by atoms with Crippen LogP contribution < -0.4 is 10.9 Å². The summed E-state index contributed by atoms with van der Waals surface area (Å²) >= 11 is 1.44. The minimum Gasteiger partial charge on any atom is -0.310 e. The van der Waals surface area contributed by atoms with Crippen molar-refractivity contribution in [3.8, 4) is 0 Å². The first kappa shape index (κ1) is 15.2. The van der Waals surface area contributed by atoms with Gasteiger partial charge in [0.25, 0.3) is 5.56 Å². The fraction of sp³-hybridized carbons (Fsp3) is 0.600. The molecule has 2 rings (SSSR count). The summed E-state index contributed by atoms with van der Waals surface area (Å²) in [7, 11) is 0. The third-order valence-electron chi connectivity index (χ3n) is 3.63. The molecule has 110 valence electrons. The highest BCUT2D eigenvalue weighted by Crippen LogP contribution is 2.14. The smallest absolute Gasteiger partial charge is 0.268 e. The highest BCUT2D eigenvalue weighted by molar-refractivity contribution is 7.17. The second kappa shape index (κ2) is 7.55. The Balaban J connectivity index is 1.90. The topological polar surface area (TPSA) is 57.8 Å². The van der Waals surface area contributed by atoms with Crippen LogP contribution in [0.3, 0.4) is 0 Å². The molecule has 5 heteroatoms. The molecule has 0 aliphatic rings. The van der Waals surface area contributed by atoms with Crippen LogP contribution in [0.5, 0.6) is 0 Å². The molecule has 20 heavy (non-hydrogen) atoms. The fourth-order valence-electron chi connectivity index (χ4n) is 2.34. The van der Waals surface area contributed by atoms with Gasteiger partial charge in [0.2, 0.25) is 0 Å². The van der Waals surface area contributed by atoms with E-state index < -0.39 is 0 Å². The highest BCUT2D eigenvalue weighted by Gasteiger charge is 2.07. The molecule has 0 spiro atoms. The van der Waals surface area contributed by atoms with E-state index in [0.717, 1.165) is 17.9 Å². The van der Waals surface area contributed by atoms with Crippen molar-refractivity contribution in [2.45, 2.75) is 46.1 Å². The van der Waals surface area contributed by atoms with Gasteiger partial charge in [-0.2, -0.15) is 0 Å². The van der Waals surface area contributed by atoms with Gasteiger partial charge in [-0.1, -0.05) is 33.1 Å². The number of rotatable bonds is 8. The van der Waals surface area contributed by atoms with E-state index in [1.807, 2.05) is 11.4 Å². The minimum atomic E-state index is -0.0279. The van der Waals surface area contributed by atoms with E-state index in [-0.39, 0.29) is 5.56 Å². The number of unbranched alkanes of at least 4 members (excludes halogenated alkanes) is 1. The molecule has 0 saturated carbocycles. The lowest BCUT2D eigenvalue weighted by Gasteiger charge is -2.14. The molecule has 2 N–H and O–H groups in total. The maximum atomic E-state index is 11.8. The molecule has 0 radical (unpaired) electrons. The van der Waals surface area contributed by atoms with Crippen LogP contribution in [0.25, 0.3) is 10.2 Å². The summed E-state index contributed by atoms with van der Waals surface area (Å²) in [6.45, 7) is 6.08. The van der Waals surface area contributed by atoms with Gasteiger partial charge in [0.1, 0.15) is 10.5 Å². The lowest BCUT2D eigenvalue weighted by molar-refractivity contribution is 0.417. The normalized spacial score (nSPS) is 12.9. The average Bonchev–Trinajstić information content (AvgIpc) is 2.91. The molecule has 4 nitrogen and oxygen atoms in total. The number of thiophene rings is 1. The van der Waals surface area contributed by atoms with E-state index in [2.05, 4.69) is 29.1 Å². The molecule has 0 aliphatic carbocycles. The number of aromatic nitrogens is 2. The molecular weight excluding hydrogens is 270 g/mol. The number of fused-ring (bicyclic) bond motifs is 1. The quantitative estimate of drug-likeness (QED) is 0.785. The van der Waals surface area contributed by atoms with Crippen molar-refractivity contribution < 1.29 is 0 Å². The van der Waals surface area contributed by atoms with Crippen molar-refractivity contribution in [2.24, 2.45) is 5.92 Å².